The van der Waals surface area contributed by atoms with Crippen molar-refractivity contribution in [3.05, 3.63) is 16.6 Å². The summed E-state index contributed by atoms with van der Waals surface area (Å²) in [4.78, 5) is 19.2. The summed E-state index contributed by atoms with van der Waals surface area (Å²) in [6, 6.07) is 2.02. The molecule has 1 aliphatic heterocycles. The number of aromatic nitrogens is 2. The number of hydrogen-bond donors (Lipinski definition) is 0. The van der Waals surface area contributed by atoms with Gasteiger partial charge in [0.1, 0.15) is 4.83 Å². The van der Waals surface area contributed by atoms with E-state index in [1.54, 1.807) is 11.3 Å². The summed E-state index contributed by atoms with van der Waals surface area (Å²) in [5.74, 6) is 1.12. The van der Waals surface area contributed by atoms with E-state index < -0.39 is 0 Å². The topological polar surface area (TPSA) is 41.4 Å². The van der Waals surface area contributed by atoms with Crippen LogP contribution in [0.5, 0.6) is 0 Å². The van der Waals surface area contributed by atoms with Gasteiger partial charge in [-0.3, -0.25) is 14.4 Å². The second-order valence-corrected chi connectivity index (χ2v) is 7.61. The van der Waals surface area contributed by atoms with Gasteiger partial charge in [0.2, 0.25) is 0 Å². The van der Waals surface area contributed by atoms with Gasteiger partial charge >= 0.3 is 0 Å². The van der Waals surface area contributed by atoms with Crippen LogP contribution in [0.25, 0.3) is 10.2 Å². The highest BCUT2D eigenvalue weighted by Gasteiger charge is 2.28. The van der Waals surface area contributed by atoms with E-state index in [0.29, 0.717) is 0 Å². The first-order valence-electron chi connectivity index (χ1n) is 8.06. The van der Waals surface area contributed by atoms with Crippen LogP contribution in [0.3, 0.4) is 0 Å². The maximum atomic E-state index is 12.7. The maximum absolute atomic E-state index is 12.7. The third kappa shape index (κ3) is 2.54. The molecule has 0 unspecified atom stereocenters. The van der Waals surface area contributed by atoms with Crippen LogP contribution < -0.4 is 0 Å². The molecule has 0 aromatic carbocycles. The number of fused-ring (bicyclic) bond motifs is 1. The number of carbonyl (C=O) groups excluding carboxylic acids is 1. The molecule has 2 aromatic heterocycles. The summed E-state index contributed by atoms with van der Waals surface area (Å²) in [7, 11) is 1.94. The number of hydrogen-bond acceptors (Lipinski definition) is 4. The first-order valence-corrected chi connectivity index (χ1v) is 8.88. The lowest BCUT2D eigenvalue weighted by Crippen LogP contribution is -2.49. The standard InChI is InChI=1S/C16H22N4OS/c1-11-13-9-14(22-16(13)18(2)17-11)15(21)20-7-5-19(6-8-20)10-12-3-4-12/h9,12H,3-8,10H2,1-2H3. The van der Waals surface area contributed by atoms with Crippen LogP contribution in [-0.4, -0.2) is 58.2 Å². The summed E-state index contributed by atoms with van der Waals surface area (Å²) in [5, 5.41) is 5.52. The first kappa shape index (κ1) is 14.2. The van der Waals surface area contributed by atoms with Crippen LogP contribution >= 0.6 is 11.3 Å². The van der Waals surface area contributed by atoms with Crippen LogP contribution in [0.4, 0.5) is 0 Å². The molecule has 5 nitrogen and oxygen atoms in total. The molecule has 1 saturated carbocycles. The van der Waals surface area contributed by atoms with E-state index in [-0.39, 0.29) is 5.91 Å². The average molecular weight is 318 g/mol. The van der Waals surface area contributed by atoms with Gasteiger partial charge in [-0.25, -0.2) is 0 Å². The Bertz CT molecular complexity index is 673. The largest absolute Gasteiger partial charge is 0.335 e. The fourth-order valence-corrected chi connectivity index (χ4v) is 4.36. The van der Waals surface area contributed by atoms with Crippen molar-refractivity contribution in [1.29, 1.82) is 0 Å². The zero-order valence-corrected chi connectivity index (χ0v) is 14.0. The molecule has 2 fully saturated rings. The number of rotatable bonds is 3. The molecule has 118 valence electrons. The lowest BCUT2D eigenvalue weighted by Gasteiger charge is -2.34. The van der Waals surface area contributed by atoms with Crippen LogP contribution in [0, 0.1) is 12.8 Å². The normalized spacial score (nSPS) is 20.0. The Balaban J connectivity index is 1.45. The predicted molar refractivity (Wildman–Crippen MR) is 88.4 cm³/mol. The van der Waals surface area contributed by atoms with Crippen LogP contribution in [0.1, 0.15) is 28.2 Å². The molecule has 0 N–H and O–H groups in total. The zero-order chi connectivity index (χ0) is 15.3. The van der Waals surface area contributed by atoms with E-state index in [0.717, 1.165) is 52.9 Å². The van der Waals surface area contributed by atoms with E-state index in [2.05, 4.69) is 10.00 Å². The second kappa shape index (κ2) is 5.35. The lowest BCUT2D eigenvalue weighted by molar-refractivity contribution is 0.0637. The summed E-state index contributed by atoms with van der Waals surface area (Å²) in [5.41, 5.74) is 1.00. The molecular formula is C16H22N4OS. The van der Waals surface area contributed by atoms with Crippen molar-refractivity contribution in [1.82, 2.24) is 19.6 Å². The first-order chi connectivity index (χ1) is 10.6. The smallest absolute Gasteiger partial charge is 0.264 e. The van der Waals surface area contributed by atoms with Crippen molar-refractivity contribution in [3.8, 4) is 0 Å². The predicted octanol–water partition coefficient (Wildman–Crippen LogP) is 2.11. The van der Waals surface area contributed by atoms with Gasteiger partial charge in [-0.2, -0.15) is 5.10 Å². The van der Waals surface area contributed by atoms with Crippen molar-refractivity contribution in [2.45, 2.75) is 19.8 Å². The van der Waals surface area contributed by atoms with Gasteiger partial charge in [-0.1, -0.05) is 0 Å². The van der Waals surface area contributed by atoms with Gasteiger partial charge in [0.05, 0.1) is 10.6 Å². The van der Waals surface area contributed by atoms with E-state index in [1.165, 1.54) is 19.4 Å². The molecule has 1 saturated heterocycles. The van der Waals surface area contributed by atoms with E-state index >= 15 is 0 Å². The molecule has 3 heterocycles. The number of thiophene rings is 1. The zero-order valence-electron chi connectivity index (χ0n) is 13.2. The number of nitrogens with zero attached hydrogens (tertiary/aromatic N) is 4. The fourth-order valence-electron chi connectivity index (χ4n) is 3.27. The quantitative estimate of drug-likeness (QED) is 0.870. The molecule has 6 heteroatoms. The van der Waals surface area contributed by atoms with E-state index in [9.17, 15) is 4.79 Å². The van der Waals surface area contributed by atoms with Gasteiger partial charge in [-0.15, -0.1) is 11.3 Å². The van der Waals surface area contributed by atoms with Crippen molar-refractivity contribution >= 4 is 27.5 Å². The van der Waals surface area contributed by atoms with Gasteiger partial charge in [0.15, 0.2) is 0 Å². The van der Waals surface area contributed by atoms with Crippen LogP contribution in [0.2, 0.25) is 0 Å². The van der Waals surface area contributed by atoms with E-state index in [1.807, 2.05) is 29.6 Å². The second-order valence-electron chi connectivity index (χ2n) is 6.57. The minimum atomic E-state index is 0.187. The van der Waals surface area contributed by atoms with Gasteiger partial charge < -0.3 is 4.90 Å². The van der Waals surface area contributed by atoms with Gasteiger partial charge in [0, 0.05) is 45.2 Å². The van der Waals surface area contributed by atoms with Gasteiger partial charge in [0.25, 0.3) is 5.91 Å². The molecule has 0 atom stereocenters. The Morgan fingerprint density at radius 1 is 1.32 bits per heavy atom. The lowest BCUT2D eigenvalue weighted by atomic mass is 10.2. The highest BCUT2D eigenvalue weighted by Crippen LogP contribution is 2.31. The number of piperazine rings is 1. The molecule has 2 aliphatic rings. The van der Waals surface area contributed by atoms with Crippen molar-refractivity contribution in [2.24, 2.45) is 13.0 Å². The third-order valence-electron chi connectivity index (χ3n) is 4.78. The number of carbonyl (C=O) groups is 1. The Morgan fingerprint density at radius 3 is 2.68 bits per heavy atom. The summed E-state index contributed by atoms with van der Waals surface area (Å²) in [6.07, 6.45) is 2.79. The van der Waals surface area contributed by atoms with Crippen LogP contribution in [-0.2, 0) is 7.05 Å². The fraction of sp³-hybridized carbons (Fsp3) is 0.625. The third-order valence-corrected chi connectivity index (χ3v) is 5.97. The monoisotopic (exact) mass is 318 g/mol. The molecule has 0 radical (unpaired) electrons. The minimum absolute atomic E-state index is 0.187. The summed E-state index contributed by atoms with van der Waals surface area (Å²) < 4.78 is 1.87. The number of amides is 1. The van der Waals surface area contributed by atoms with Crippen molar-refractivity contribution in [3.63, 3.8) is 0 Å². The SMILES string of the molecule is Cc1nn(C)c2sc(C(=O)N3CCN(CC4CC4)CC3)cc12. The molecule has 0 spiro atoms. The van der Waals surface area contributed by atoms with E-state index in [4.69, 9.17) is 0 Å². The Kier molecular flexibility index (Phi) is 3.46. The number of aryl methyl sites for hydroxylation is 2. The molecule has 2 aromatic rings. The van der Waals surface area contributed by atoms with Gasteiger partial charge in [-0.05, 0) is 31.7 Å². The molecular weight excluding hydrogens is 296 g/mol. The van der Waals surface area contributed by atoms with Crippen LogP contribution in [0.15, 0.2) is 6.07 Å². The van der Waals surface area contributed by atoms with Crippen molar-refractivity contribution < 1.29 is 4.79 Å². The molecule has 0 bridgehead atoms. The Morgan fingerprint density at radius 2 is 2.05 bits per heavy atom. The highest BCUT2D eigenvalue weighted by atomic mass is 32.1. The maximum Gasteiger partial charge on any atom is 0.264 e. The minimum Gasteiger partial charge on any atom is -0.335 e. The molecule has 4 rings (SSSR count). The summed E-state index contributed by atoms with van der Waals surface area (Å²) in [6.45, 7) is 6.99. The molecule has 1 aliphatic carbocycles. The van der Waals surface area contributed by atoms with Crippen molar-refractivity contribution in [2.75, 3.05) is 32.7 Å². The molecule has 22 heavy (non-hydrogen) atoms. The average Bonchev–Trinajstić information content (AvgIpc) is 3.13. The Labute approximate surface area is 134 Å². The summed E-state index contributed by atoms with van der Waals surface area (Å²) >= 11 is 1.56. The molecule has 1 amide bonds. The highest BCUT2D eigenvalue weighted by molar-refractivity contribution is 7.20. The Hall–Kier alpha value is -1.40.